The topological polar surface area (TPSA) is 171 Å². The number of aromatic amines is 1. The number of carbonyl (C=O) groups excluding carboxylic acids is 4. The largest absolute Gasteiger partial charge is 1.00 e. The minimum absolute atomic E-state index is 0. The molecular weight excluding hydrogens is 750 g/mol. The van der Waals surface area contributed by atoms with Crippen LogP contribution in [0.25, 0.3) is 10.9 Å². The van der Waals surface area contributed by atoms with Crippen molar-refractivity contribution in [2.45, 2.75) is 91.4 Å². The summed E-state index contributed by atoms with van der Waals surface area (Å²) in [4.78, 5) is 50.4. The Balaban J connectivity index is 0.000000362. The van der Waals surface area contributed by atoms with Crippen molar-refractivity contribution in [3.8, 4) is 0 Å². The van der Waals surface area contributed by atoms with Gasteiger partial charge in [-0.3, -0.25) is 16.0 Å². The molecule has 0 fully saturated rings. The summed E-state index contributed by atoms with van der Waals surface area (Å²) in [5.41, 5.74) is 1.08. The number of H-pyrrole nitrogens is 1. The molecule has 4 atom stereocenters. The molecule has 2 heterocycles. The maximum Gasteiger partial charge on any atom is 1.00 e. The van der Waals surface area contributed by atoms with Crippen molar-refractivity contribution in [3.05, 3.63) is 82.5 Å². The van der Waals surface area contributed by atoms with Crippen LogP contribution in [0, 0.1) is 23.6 Å². The molecule has 12 nitrogen and oxygen atoms in total. The second kappa shape index (κ2) is 20.9. The first-order valence-electron chi connectivity index (χ1n) is 17.8. The predicted octanol–water partition coefficient (Wildman–Crippen LogP) is 3.69. The molecule has 0 aliphatic heterocycles. The van der Waals surface area contributed by atoms with Crippen molar-refractivity contribution >= 4 is 41.0 Å². The number of para-hydroxylation sites is 1. The number of aromatic nitrogens is 3. The Kier molecular flexibility index (Phi) is 17.4. The summed E-state index contributed by atoms with van der Waals surface area (Å²) >= 11 is 0. The smallest absolute Gasteiger partial charge is 0.540 e. The fourth-order valence-electron chi connectivity index (χ4n) is 5.95. The second-order valence-electron chi connectivity index (χ2n) is 13.2. The van der Waals surface area contributed by atoms with Gasteiger partial charge in [0.15, 0.2) is 0 Å². The normalized spacial score (nSPS) is 14.5. The molecule has 0 bridgehead atoms. The van der Waals surface area contributed by atoms with Crippen LogP contribution in [0.1, 0.15) is 88.2 Å². The van der Waals surface area contributed by atoms with Gasteiger partial charge in [0.2, 0.25) is 11.8 Å². The summed E-state index contributed by atoms with van der Waals surface area (Å²) in [6.45, 7) is 9.86. The molecule has 2 unspecified atom stereocenters. The Hall–Kier alpha value is -3.77. The van der Waals surface area contributed by atoms with E-state index in [2.05, 4.69) is 36.4 Å². The van der Waals surface area contributed by atoms with E-state index in [1.165, 1.54) is 12.1 Å². The van der Waals surface area contributed by atoms with E-state index in [0.717, 1.165) is 18.2 Å². The number of alkyl halides is 3. The third-order valence-electron chi connectivity index (χ3n) is 9.45. The number of amides is 4. The van der Waals surface area contributed by atoms with E-state index in [0.29, 0.717) is 48.2 Å². The van der Waals surface area contributed by atoms with Crippen molar-refractivity contribution in [3.63, 3.8) is 0 Å². The quantitative estimate of drug-likeness (QED) is 0.0781. The van der Waals surface area contributed by atoms with Crippen LogP contribution in [0.15, 0.2) is 46.9 Å². The molecule has 17 heteroatoms. The summed E-state index contributed by atoms with van der Waals surface area (Å²) in [5, 5.41) is 18.8. The van der Waals surface area contributed by atoms with E-state index in [1.807, 2.05) is 34.0 Å². The minimum Gasteiger partial charge on any atom is -0.540 e. The summed E-state index contributed by atoms with van der Waals surface area (Å²) < 4.78 is 59.4. The Morgan fingerprint density at radius 1 is 1.00 bits per heavy atom. The van der Waals surface area contributed by atoms with Crippen LogP contribution in [-0.4, -0.2) is 51.9 Å². The maximum atomic E-state index is 13.5. The van der Waals surface area contributed by atoms with Gasteiger partial charge in [-0.05, 0) is 48.4 Å². The average Bonchev–Trinajstić information content (AvgIpc) is 3.77. The third kappa shape index (κ3) is 12.1. The molecule has 5 rings (SSSR count). The van der Waals surface area contributed by atoms with Crippen LogP contribution in [0.3, 0.4) is 0 Å². The molecule has 0 spiro atoms. The fourth-order valence-corrected chi connectivity index (χ4v) is 5.95. The van der Waals surface area contributed by atoms with Crippen molar-refractivity contribution < 1.29 is 92.5 Å². The van der Waals surface area contributed by atoms with Gasteiger partial charge in [-0.1, -0.05) is 82.0 Å². The first-order chi connectivity index (χ1) is 25.7. The number of urea groups is 1. The van der Waals surface area contributed by atoms with Crippen LogP contribution < -0.4 is 72.7 Å². The zero-order valence-electron chi connectivity index (χ0n) is 31.7. The van der Waals surface area contributed by atoms with Gasteiger partial charge in [0.1, 0.15) is 11.9 Å². The molecule has 1 aliphatic carbocycles. The van der Waals surface area contributed by atoms with Gasteiger partial charge in [-0.15, -0.1) is 11.5 Å². The van der Waals surface area contributed by atoms with Gasteiger partial charge in [-0.2, -0.15) is 19.6 Å². The van der Waals surface area contributed by atoms with Crippen molar-refractivity contribution in [2.24, 2.45) is 11.8 Å². The molecule has 292 valence electrons. The maximum absolute atomic E-state index is 13.5. The van der Waals surface area contributed by atoms with Gasteiger partial charge in [0.25, 0.3) is 0 Å². The number of nitrogens with one attached hydrogen (secondary N) is 5. The third-order valence-corrected chi connectivity index (χ3v) is 9.45. The number of hydrogen-bond donors (Lipinski definition) is 5. The van der Waals surface area contributed by atoms with Gasteiger partial charge in [0.05, 0.1) is 23.4 Å². The molecule has 0 saturated carbocycles. The van der Waals surface area contributed by atoms with E-state index in [1.54, 1.807) is 31.2 Å². The second-order valence-corrected chi connectivity index (χ2v) is 13.2. The first-order valence-corrected chi connectivity index (χ1v) is 17.8. The molecule has 0 saturated heterocycles. The molecule has 1 aliphatic rings. The van der Waals surface area contributed by atoms with E-state index >= 15 is 0 Å². The molecule has 55 heavy (non-hydrogen) atoms. The van der Waals surface area contributed by atoms with Crippen molar-refractivity contribution in [1.29, 1.82) is 0 Å². The monoisotopic (exact) mass is 794 g/mol. The SMILES string of the molecule is CCC(C)[C@@H]([C-]=O)NC(=O)Cc1ccccc1F.CCNC(=O)Nc1nnc(C(NC(=O)[C-]2CCc3[nH]c4c(C(F)(F)F)cccc4c3C2)[C@@H](C)CC)o1.[K+]. The Morgan fingerprint density at radius 3 is 2.35 bits per heavy atom. The van der Waals surface area contributed by atoms with E-state index in [-0.39, 0.29) is 105 Å². The number of rotatable bonds is 13. The molecular formula is C38H45F4KN7O5-. The number of nitrogens with zero attached hydrogens (tertiary/aromatic N) is 2. The summed E-state index contributed by atoms with van der Waals surface area (Å²) in [6, 6.07) is 8.37. The number of carbonyl (C=O) groups is 3. The van der Waals surface area contributed by atoms with Crippen LogP contribution in [0.2, 0.25) is 0 Å². The number of fused-ring (bicyclic) bond motifs is 3. The van der Waals surface area contributed by atoms with Gasteiger partial charge < -0.3 is 34.9 Å². The first kappa shape index (κ1) is 45.6. The molecule has 4 amide bonds. The molecule has 4 aromatic rings. The van der Waals surface area contributed by atoms with Crippen LogP contribution in [-0.2, 0) is 39.8 Å². The Morgan fingerprint density at radius 2 is 1.71 bits per heavy atom. The van der Waals surface area contributed by atoms with Crippen molar-refractivity contribution in [2.75, 3.05) is 11.9 Å². The number of halogens is 4. The number of hydrogen-bond acceptors (Lipinski definition) is 7. The summed E-state index contributed by atoms with van der Waals surface area (Å²) in [5.74, 6) is -0.418. The average molecular weight is 795 g/mol. The van der Waals surface area contributed by atoms with Crippen LogP contribution in [0.4, 0.5) is 28.4 Å². The molecule has 0 radical (unpaired) electrons. The van der Waals surface area contributed by atoms with Gasteiger partial charge >= 0.3 is 69.6 Å². The van der Waals surface area contributed by atoms with E-state index < -0.39 is 35.7 Å². The number of aryl methyl sites for hydroxylation is 1. The number of anilines is 1. The summed E-state index contributed by atoms with van der Waals surface area (Å²) in [6.07, 6.45) is -0.190. The van der Waals surface area contributed by atoms with E-state index in [4.69, 9.17) is 4.42 Å². The minimum atomic E-state index is -4.48. The standard InChI is InChI=1S/C24H28F3N6O3.C14H17FNO2.K/c1-4-12(3)18(21-32-33-23(36-21)31-22(35)28-5-2)30-20(34)13-9-10-17-15(11-13)14-7-6-8-16(19(14)29-17)24(25,26)27;1-3-10(2)13(9-17)16-14(18)8-11-6-4-5-7-12(11)15;/h6-8,12,18,29H,4-5,9-11H2,1-3H3,(H,30,34)(H2,28,31,33,35);4-7,10,13H,3,8H2,1-2H3,(H,16,18);/q2*-1;+1/t12-,18?;10?,13-;/m01./s1. The molecule has 2 aromatic heterocycles. The number of benzene rings is 2. The van der Waals surface area contributed by atoms with Crippen LogP contribution in [0.5, 0.6) is 0 Å². The van der Waals surface area contributed by atoms with Gasteiger partial charge in [-0.25, -0.2) is 15.5 Å². The Bertz CT molecular complexity index is 1920. The van der Waals surface area contributed by atoms with Gasteiger partial charge in [0, 0.05) is 17.6 Å². The Labute approximate surface area is 359 Å². The van der Waals surface area contributed by atoms with E-state index in [9.17, 15) is 36.7 Å². The summed E-state index contributed by atoms with van der Waals surface area (Å²) in [7, 11) is 0. The van der Waals surface area contributed by atoms with Crippen LogP contribution >= 0.6 is 0 Å². The van der Waals surface area contributed by atoms with Crippen molar-refractivity contribution in [1.82, 2.24) is 31.1 Å². The zero-order valence-corrected chi connectivity index (χ0v) is 34.9. The fraction of sp³-hybridized carbons (Fsp3) is 0.447. The molecule has 2 aromatic carbocycles. The molecule has 5 N–H and O–H groups in total. The predicted molar refractivity (Wildman–Crippen MR) is 193 cm³/mol. The zero-order chi connectivity index (χ0) is 39.6.